The summed E-state index contributed by atoms with van der Waals surface area (Å²) in [6.07, 6.45) is 5.73. The van der Waals surface area contributed by atoms with E-state index < -0.39 is 0 Å². The van der Waals surface area contributed by atoms with Gasteiger partial charge in [-0.3, -0.25) is 0 Å². The first-order valence-electron chi connectivity index (χ1n) is 11.6. The van der Waals surface area contributed by atoms with Crippen molar-refractivity contribution in [2.24, 2.45) is 0 Å². The van der Waals surface area contributed by atoms with Crippen molar-refractivity contribution in [2.75, 3.05) is 0 Å². The van der Waals surface area contributed by atoms with Crippen molar-refractivity contribution in [1.29, 1.82) is 0 Å². The molecule has 0 bridgehead atoms. The zero-order valence-corrected chi connectivity index (χ0v) is 19.0. The molecule has 1 N–H and O–H groups in total. The van der Waals surface area contributed by atoms with Crippen molar-refractivity contribution in [2.45, 2.75) is 26.2 Å². The first-order valence-corrected chi connectivity index (χ1v) is 11.6. The van der Waals surface area contributed by atoms with Crippen molar-refractivity contribution in [1.82, 2.24) is 0 Å². The molecule has 160 valence electrons. The van der Waals surface area contributed by atoms with Crippen LogP contribution < -0.4 is 0 Å². The van der Waals surface area contributed by atoms with Crippen LogP contribution in [0.15, 0.2) is 91.0 Å². The summed E-state index contributed by atoms with van der Waals surface area (Å²) in [6.45, 7) is 4.35. The van der Waals surface area contributed by atoms with E-state index in [0.717, 1.165) is 23.1 Å². The largest absolute Gasteiger partial charge is 0.508 e. The quantitative estimate of drug-likeness (QED) is 0.279. The third kappa shape index (κ3) is 3.32. The highest BCUT2D eigenvalue weighted by molar-refractivity contribution is 6.14. The van der Waals surface area contributed by atoms with Crippen molar-refractivity contribution in [3.8, 4) is 28.0 Å². The molecule has 5 aromatic rings. The summed E-state index contributed by atoms with van der Waals surface area (Å²) < 4.78 is 0. The van der Waals surface area contributed by atoms with E-state index in [2.05, 4.69) is 91.9 Å². The lowest BCUT2D eigenvalue weighted by Crippen LogP contribution is -2.02. The Hall–Kier alpha value is -3.84. The maximum atomic E-state index is 10.1. The number of hydrogen-bond donors (Lipinski definition) is 1. The van der Waals surface area contributed by atoms with Gasteiger partial charge in [-0.15, -0.1) is 0 Å². The highest BCUT2D eigenvalue weighted by Gasteiger charge is 2.19. The smallest absolute Gasteiger partial charge is 0.116 e. The van der Waals surface area contributed by atoms with Crippen LogP contribution in [0.1, 0.15) is 36.0 Å². The van der Waals surface area contributed by atoms with E-state index in [0.29, 0.717) is 11.7 Å². The van der Waals surface area contributed by atoms with Crippen molar-refractivity contribution < 1.29 is 5.11 Å². The molecule has 0 fully saturated rings. The molecule has 1 atom stereocenters. The van der Waals surface area contributed by atoms with Crippen LogP contribution in [0.25, 0.3) is 49.9 Å². The standard InChI is InChI=1S/C32H26O/c1-20-15-25(18-26(33)16-20)23-9-6-8-22(17-23)24-13-14-28-30-12-5-7-21(2)32(30)29-11-4-3-10-27(29)31(28)19-24/h3-6,8-19,21,33H,7H2,1-2H3. The molecule has 1 nitrogen and oxygen atoms in total. The number of fused-ring (bicyclic) bond motifs is 6. The molecule has 0 spiro atoms. The monoisotopic (exact) mass is 426 g/mol. The molecule has 0 radical (unpaired) electrons. The summed E-state index contributed by atoms with van der Waals surface area (Å²) in [4.78, 5) is 0. The Kier molecular flexibility index (Phi) is 4.58. The van der Waals surface area contributed by atoms with Crippen LogP contribution in [-0.2, 0) is 0 Å². The number of benzene rings is 5. The van der Waals surface area contributed by atoms with Gasteiger partial charge < -0.3 is 5.11 Å². The Labute approximate surface area is 194 Å². The molecule has 1 aliphatic rings. The molecule has 1 aliphatic carbocycles. The number of hydrogen-bond acceptors (Lipinski definition) is 1. The minimum atomic E-state index is 0.305. The minimum Gasteiger partial charge on any atom is -0.508 e. The van der Waals surface area contributed by atoms with E-state index in [1.54, 1.807) is 6.07 Å². The molecule has 0 aliphatic heterocycles. The molecule has 33 heavy (non-hydrogen) atoms. The Morgan fingerprint density at radius 2 is 1.42 bits per heavy atom. The van der Waals surface area contributed by atoms with E-state index in [4.69, 9.17) is 0 Å². The predicted molar refractivity (Wildman–Crippen MR) is 141 cm³/mol. The molecule has 1 heteroatoms. The Morgan fingerprint density at radius 3 is 2.24 bits per heavy atom. The second-order valence-corrected chi connectivity index (χ2v) is 9.31. The maximum Gasteiger partial charge on any atom is 0.116 e. The summed E-state index contributed by atoms with van der Waals surface area (Å²) in [7, 11) is 0. The number of rotatable bonds is 2. The number of aromatic hydroxyl groups is 1. The summed E-state index contributed by atoms with van der Waals surface area (Å²) >= 11 is 0. The topological polar surface area (TPSA) is 20.2 Å². The SMILES string of the molecule is Cc1cc(O)cc(-c2cccc(-c3ccc4c5c(c6ccccc6c4c3)C(C)CC=C5)c2)c1. The number of phenolic OH excluding ortho intramolecular Hbond substituents is 1. The number of phenols is 1. The average Bonchev–Trinajstić information content (AvgIpc) is 2.83. The molecule has 5 aromatic carbocycles. The molecule has 1 unspecified atom stereocenters. The van der Waals surface area contributed by atoms with Crippen LogP contribution in [0, 0.1) is 6.92 Å². The molecule has 6 rings (SSSR count). The Bertz CT molecular complexity index is 1550. The van der Waals surface area contributed by atoms with Crippen molar-refractivity contribution in [3.05, 3.63) is 108 Å². The zero-order valence-electron chi connectivity index (χ0n) is 19.0. The fraction of sp³-hybridized carbons (Fsp3) is 0.125. The van der Waals surface area contributed by atoms with Crippen LogP contribution in [0.3, 0.4) is 0 Å². The summed E-state index contributed by atoms with van der Waals surface area (Å²) in [5.41, 5.74) is 8.44. The number of aryl methyl sites for hydroxylation is 1. The molecular weight excluding hydrogens is 400 g/mol. The fourth-order valence-corrected chi connectivity index (χ4v) is 5.45. The van der Waals surface area contributed by atoms with Crippen LogP contribution in [0.4, 0.5) is 0 Å². The first-order chi connectivity index (χ1) is 16.1. The average molecular weight is 427 g/mol. The van der Waals surface area contributed by atoms with E-state index in [1.165, 1.54) is 43.8 Å². The predicted octanol–water partition coefficient (Wildman–Crippen LogP) is 8.86. The summed E-state index contributed by atoms with van der Waals surface area (Å²) in [6, 6.07) is 30.1. The summed E-state index contributed by atoms with van der Waals surface area (Å²) in [5, 5.41) is 15.4. The van der Waals surface area contributed by atoms with Gasteiger partial charge in [0, 0.05) is 0 Å². The highest BCUT2D eigenvalue weighted by atomic mass is 16.3. The van der Waals surface area contributed by atoms with Gasteiger partial charge in [-0.1, -0.05) is 79.7 Å². The highest BCUT2D eigenvalue weighted by Crippen LogP contribution is 2.42. The van der Waals surface area contributed by atoms with E-state index in [1.807, 2.05) is 13.0 Å². The Morgan fingerprint density at radius 1 is 0.667 bits per heavy atom. The second-order valence-electron chi connectivity index (χ2n) is 9.31. The maximum absolute atomic E-state index is 10.1. The first kappa shape index (κ1) is 19.8. The van der Waals surface area contributed by atoms with Gasteiger partial charge in [-0.05, 0) is 104 Å². The summed E-state index contributed by atoms with van der Waals surface area (Å²) in [5.74, 6) is 0.834. The molecule has 0 saturated heterocycles. The fourth-order valence-electron chi connectivity index (χ4n) is 5.45. The van der Waals surface area contributed by atoms with Crippen molar-refractivity contribution >= 4 is 27.6 Å². The number of allylic oxidation sites excluding steroid dienone is 1. The molecule has 0 saturated carbocycles. The van der Waals surface area contributed by atoms with Crippen LogP contribution in [0.5, 0.6) is 5.75 Å². The van der Waals surface area contributed by atoms with Crippen LogP contribution in [0.2, 0.25) is 0 Å². The van der Waals surface area contributed by atoms with Gasteiger partial charge in [-0.2, -0.15) is 0 Å². The lowest BCUT2D eigenvalue weighted by atomic mass is 9.81. The van der Waals surface area contributed by atoms with E-state index in [9.17, 15) is 5.11 Å². The minimum absolute atomic E-state index is 0.305. The van der Waals surface area contributed by atoms with Crippen molar-refractivity contribution in [3.63, 3.8) is 0 Å². The van der Waals surface area contributed by atoms with Gasteiger partial charge in [0.15, 0.2) is 0 Å². The molecular formula is C32H26O. The zero-order chi connectivity index (χ0) is 22.5. The van der Waals surface area contributed by atoms with Gasteiger partial charge in [0.1, 0.15) is 5.75 Å². The van der Waals surface area contributed by atoms with Crippen LogP contribution in [-0.4, -0.2) is 5.11 Å². The van der Waals surface area contributed by atoms with Gasteiger partial charge in [-0.25, -0.2) is 0 Å². The lowest BCUT2D eigenvalue weighted by Gasteiger charge is -2.23. The molecule has 0 heterocycles. The van der Waals surface area contributed by atoms with Gasteiger partial charge in [0.2, 0.25) is 0 Å². The Balaban J connectivity index is 1.56. The third-order valence-corrected chi connectivity index (χ3v) is 6.97. The molecule has 0 aromatic heterocycles. The van der Waals surface area contributed by atoms with Gasteiger partial charge in [0.25, 0.3) is 0 Å². The van der Waals surface area contributed by atoms with Gasteiger partial charge >= 0.3 is 0 Å². The van der Waals surface area contributed by atoms with Crippen LogP contribution >= 0.6 is 0 Å². The van der Waals surface area contributed by atoms with E-state index in [-0.39, 0.29) is 0 Å². The molecule has 0 amide bonds. The lowest BCUT2D eigenvalue weighted by molar-refractivity contribution is 0.475. The normalized spacial score (nSPS) is 15.2. The van der Waals surface area contributed by atoms with E-state index >= 15 is 0 Å². The second kappa shape index (κ2) is 7.64. The third-order valence-electron chi connectivity index (χ3n) is 6.97. The van der Waals surface area contributed by atoms with Gasteiger partial charge in [0.05, 0.1) is 0 Å².